The van der Waals surface area contributed by atoms with Gasteiger partial charge in [0.25, 0.3) is 0 Å². The molecule has 0 bridgehead atoms. The highest BCUT2D eigenvalue weighted by molar-refractivity contribution is 7.12. The first-order valence-corrected chi connectivity index (χ1v) is 5.54. The highest BCUT2D eigenvalue weighted by atomic mass is 32.1. The molecule has 0 amide bonds. The zero-order chi connectivity index (χ0) is 10.1. The third-order valence-corrected chi connectivity index (χ3v) is 3.92. The number of hydrogen-bond acceptors (Lipinski definition) is 2. The Balaban J connectivity index is 2.87. The summed E-state index contributed by atoms with van der Waals surface area (Å²) in [6.07, 6.45) is 0. The van der Waals surface area contributed by atoms with Gasteiger partial charge in [0.2, 0.25) is 0 Å². The Kier molecular flexibility index (Phi) is 3.14. The van der Waals surface area contributed by atoms with E-state index in [1.54, 1.807) is 0 Å². The molecule has 0 aliphatic carbocycles. The Bertz CT molecular complexity index is 270. The normalized spacial score (nSPS) is 14.5. The molecule has 1 aromatic heterocycles. The Hall–Kier alpha value is -0.340. The fraction of sp³-hybridized carbons (Fsp3) is 0.636. The monoisotopic (exact) mass is 197 g/mol. The molecule has 2 heteroatoms. The van der Waals surface area contributed by atoms with Gasteiger partial charge in [-0.05, 0) is 31.5 Å². The van der Waals surface area contributed by atoms with Crippen LogP contribution in [0.4, 0.5) is 0 Å². The van der Waals surface area contributed by atoms with Gasteiger partial charge in [-0.1, -0.05) is 20.8 Å². The first-order valence-electron chi connectivity index (χ1n) is 4.72. The molecule has 0 spiro atoms. The molecule has 0 radical (unpaired) electrons. The standard InChI is InChI=1S/C11H19NS/c1-8(12-5)9-6-7-10(13-9)11(2,3)4/h6-8,12H,1-5H3/t8-/m1/s1. The minimum atomic E-state index is 0.288. The van der Waals surface area contributed by atoms with E-state index in [0.717, 1.165) is 0 Å². The lowest BCUT2D eigenvalue weighted by Gasteiger charge is -2.15. The largest absolute Gasteiger partial charge is 0.313 e. The molecule has 0 aliphatic heterocycles. The van der Waals surface area contributed by atoms with Crippen molar-refractivity contribution < 1.29 is 0 Å². The minimum Gasteiger partial charge on any atom is -0.313 e. The van der Waals surface area contributed by atoms with Crippen LogP contribution in [-0.4, -0.2) is 7.05 Å². The van der Waals surface area contributed by atoms with Crippen molar-refractivity contribution >= 4 is 11.3 Å². The summed E-state index contributed by atoms with van der Waals surface area (Å²) in [6.45, 7) is 8.96. The molecular weight excluding hydrogens is 178 g/mol. The Morgan fingerprint density at radius 1 is 1.31 bits per heavy atom. The Morgan fingerprint density at radius 3 is 2.31 bits per heavy atom. The van der Waals surface area contributed by atoms with E-state index in [2.05, 4.69) is 45.1 Å². The van der Waals surface area contributed by atoms with E-state index >= 15 is 0 Å². The van der Waals surface area contributed by atoms with Gasteiger partial charge >= 0.3 is 0 Å². The van der Waals surface area contributed by atoms with Crippen LogP contribution in [0.5, 0.6) is 0 Å². The molecule has 1 rings (SSSR count). The molecular formula is C11H19NS. The van der Waals surface area contributed by atoms with Crippen LogP contribution < -0.4 is 5.32 Å². The summed E-state index contributed by atoms with van der Waals surface area (Å²) in [5.74, 6) is 0. The summed E-state index contributed by atoms with van der Waals surface area (Å²) < 4.78 is 0. The Labute approximate surface area is 85.2 Å². The molecule has 1 aromatic rings. The highest BCUT2D eigenvalue weighted by Gasteiger charge is 2.17. The maximum absolute atomic E-state index is 3.26. The maximum atomic E-state index is 3.26. The summed E-state index contributed by atoms with van der Waals surface area (Å²) in [7, 11) is 2.00. The summed E-state index contributed by atoms with van der Waals surface area (Å²) in [4.78, 5) is 2.89. The van der Waals surface area contributed by atoms with Gasteiger partial charge in [-0.2, -0.15) is 0 Å². The zero-order valence-corrected chi connectivity index (χ0v) is 9.96. The van der Waals surface area contributed by atoms with Crippen molar-refractivity contribution in [2.24, 2.45) is 0 Å². The third-order valence-electron chi connectivity index (χ3n) is 2.23. The highest BCUT2D eigenvalue weighted by Crippen LogP contribution is 2.31. The maximum Gasteiger partial charge on any atom is 0.0383 e. The molecule has 74 valence electrons. The molecule has 0 saturated heterocycles. The summed E-state index contributed by atoms with van der Waals surface area (Å²) >= 11 is 1.91. The van der Waals surface area contributed by atoms with Crippen LogP contribution in [0.25, 0.3) is 0 Å². The van der Waals surface area contributed by atoms with E-state index in [1.807, 2.05) is 18.4 Å². The van der Waals surface area contributed by atoms with Crippen LogP contribution in [0.3, 0.4) is 0 Å². The van der Waals surface area contributed by atoms with Gasteiger partial charge in [-0.25, -0.2) is 0 Å². The SMILES string of the molecule is CN[C@H](C)c1ccc(C(C)(C)C)s1. The third kappa shape index (κ3) is 2.55. The van der Waals surface area contributed by atoms with Crippen LogP contribution >= 0.6 is 11.3 Å². The van der Waals surface area contributed by atoms with Gasteiger partial charge in [0, 0.05) is 15.8 Å². The summed E-state index contributed by atoms with van der Waals surface area (Å²) in [5, 5.41) is 3.26. The minimum absolute atomic E-state index is 0.288. The second kappa shape index (κ2) is 3.81. The molecule has 1 atom stereocenters. The summed E-state index contributed by atoms with van der Waals surface area (Å²) in [5.41, 5.74) is 0.288. The van der Waals surface area contributed by atoms with E-state index in [-0.39, 0.29) is 5.41 Å². The quantitative estimate of drug-likeness (QED) is 0.767. The van der Waals surface area contributed by atoms with Crippen molar-refractivity contribution in [2.45, 2.75) is 39.2 Å². The van der Waals surface area contributed by atoms with E-state index < -0.39 is 0 Å². The van der Waals surface area contributed by atoms with Gasteiger partial charge in [-0.3, -0.25) is 0 Å². The molecule has 0 fully saturated rings. The summed E-state index contributed by atoms with van der Waals surface area (Å²) in [6, 6.07) is 4.95. The van der Waals surface area contributed by atoms with Crippen molar-refractivity contribution in [2.75, 3.05) is 7.05 Å². The molecule has 1 heterocycles. The molecule has 0 aromatic carbocycles. The number of nitrogens with one attached hydrogen (secondary N) is 1. The smallest absolute Gasteiger partial charge is 0.0383 e. The average molecular weight is 197 g/mol. The molecule has 0 aliphatic rings. The van der Waals surface area contributed by atoms with Crippen LogP contribution in [0, 0.1) is 0 Å². The number of hydrogen-bond donors (Lipinski definition) is 1. The second-order valence-corrected chi connectivity index (χ2v) is 5.58. The van der Waals surface area contributed by atoms with Crippen LogP contribution in [0.2, 0.25) is 0 Å². The average Bonchev–Trinajstić information content (AvgIpc) is 2.50. The van der Waals surface area contributed by atoms with Gasteiger partial charge in [-0.15, -0.1) is 11.3 Å². The molecule has 0 unspecified atom stereocenters. The topological polar surface area (TPSA) is 12.0 Å². The lowest BCUT2D eigenvalue weighted by Crippen LogP contribution is -2.11. The van der Waals surface area contributed by atoms with Gasteiger partial charge in [0.15, 0.2) is 0 Å². The Morgan fingerprint density at radius 2 is 1.92 bits per heavy atom. The zero-order valence-electron chi connectivity index (χ0n) is 9.14. The fourth-order valence-corrected chi connectivity index (χ4v) is 2.26. The second-order valence-electron chi connectivity index (χ2n) is 4.46. The predicted molar refractivity (Wildman–Crippen MR) is 60.5 cm³/mol. The lowest BCUT2D eigenvalue weighted by atomic mass is 9.95. The van der Waals surface area contributed by atoms with Gasteiger partial charge < -0.3 is 5.32 Å². The molecule has 13 heavy (non-hydrogen) atoms. The van der Waals surface area contributed by atoms with Crippen molar-refractivity contribution in [1.29, 1.82) is 0 Å². The number of rotatable bonds is 2. The first kappa shape index (κ1) is 10.7. The first-order chi connectivity index (χ1) is 5.95. The van der Waals surface area contributed by atoms with Crippen molar-refractivity contribution in [3.63, 3.8) is 0 Å². The van der Waals surface area contributed by atoms with Gasteiger partial charge in [0.1, 0.15) is 0 Å². The van der Waals surface area contributed by atoms with Crippen molar-refractivity contribution in [3.05, 3.63) is 21.9 Å². The fourth-order valence-electron chi connectivity index (χ4n) is 1.13. The lowest BCUT2D eigenvalue weighted by molar-refractivity contribution is 0.604. The van der Waals surface area contributed by atoms with Crippen LogP contribution in [0.1, 0.15) is 43.5 Å². The van der Waals surface area contributed by atoms with Gasteiger partial charge in [0.05, 0.1) is 0 Å². The van der Waals surface area contributed by atoms with Crippen LogP contribution in [0.15, 0.2) is 12.1 Å². The molecule has 0 saturated carbocycles. The van der Waals surface area contributed by atoms with E-state index in [9.17, 15) is 0 Å². The van der Waals surface area contributed by atoms with Crippen molar-refractivity contribution in [3.8, 4) is 0 Å². The van der Waals surface area contributed by atoms with E-state index in [0.29, 0.717) is 6.04 Å². The molecule has 1 nitrogen and oxygen atoms in total. The van der Waals surface area contributed by atoms with E-state index in [1.165, 1.54) is 9.75 Å². The van der Waals surface area contributed by atoms with E-state index in [4.69, 9.17) is 0 Å². The van der Waals surface area contributed by atoms with Crippen LogP contribution in [-0.2, 0) is 5.41 Å². The predicted octanol–water partition coefficient (Wildman–Crippen LogP) is 3.33. The number of thiophene rings is 1. The van der Waals surface area contributed by atoms with Crippen molar-refractivity contribution in [1.82, 2.24) is 5.32 Å². The molecule has 1 N–H and O–H groups in total.